The molecule has 3 rings (SSSR count). The first-order valence-corrected chi connectivity index (χ1v) is 6.83. The molecule has 0 radical (unpaired) electrons. The Labute approximate surface area is 118 Å². The van der Waals surface area contributed by atoms with Gasteiger partial charge in [0.2, 0.25) is 5.89 Å². The van der Waals surface area contributed by atoms with Crippen molar-refractivity contribution in [1.82, 2.24) is 4.98 Å². The van der Waals surface area contributed by atoms with E-state index in [-0.39, 0.29) is 5.52 Å². The first-order chi connectivity index (χ1) is 8.95. The van der Waals surface area contributed by atoms with Crippen LogP contribution in [0.2, 0.25) is 0 Å². The lowest BCUT2D eigenvalue weighted by Gasteiger charge is -2.04. The minimum absolute atomic E-state index is 0.199. The van der Waals surface area contributed by atoms with Gasteiger partial charge in [-0.05, 0) is 45.6 Å². The standard InChI is InChI=1S/C12H5BrF3NOS/c13-7-3-4-19-10(7)11-17-8-5-6(12(14,15)16)1-2-9(8)18-11/h1-5H. The third-order valence-electron chi connectivity index (χ3n) is 2.53. The fourth-order valence-electron chi connectivity index (χ4n) is 1.65. The Balaban J connectivity index is 2.14. The summed E-state index contributed by atoms with van der Waals surface area (Å²) in [7, 11) is 0. The number of benzene rings is 1. The summed E-state index contributed by atoms with van der Waals surface area (Å²) in [6.07, 6.45) is -4.38. The molecule has 0 atom stereocenters. The van der Waals surface area contributed by atoms with Gasteiger partial charge in [0.15, 0.2) is 5.58 Å². The van der Waals surface area contributed by atoms with Gasteiger partial charge in [-0.1, -0.05) is 0 Å². The minimum atomic E-state index is -4.38. The van der Waals surface area contributed by atoms with Crippen molar-refractivity contribution >= 4 is 38.4 Å². The van der Waals surface area contributed by atoms with E-state index in [4.69, 9.17) is 4.42 Å². The molecule has 0 aliphatic heterocycles. The van der Waals surface area contributed by atoms with Gasteiger partial charge in [-0.2, -0.15) is 13.2 Å². The molecule has 7 heteroatoms. The van der Waals surface area contributed by atoms with E-state index < -0.39 is 11.7 Å². The van der Waals surface area contributed by atoms with Crippen molar-refractivity contribution in [3.05, 3.63) is 39.7 Å². The van der Waals surface area contributed by atoms with Crippen LogP contribution >= 0.6 is 27.3 Å². The summed E-state index contributed by atoms with van der Waals surface area (Å²) in [5, 5.41) is 1.84. The highest BCUT2D eigenvalue weighted by atomic mass is 79.9. The smallest absolute Gasteiger partial charge is 0.416 e. The molecule has 2 heterocycles. The molecule has 3 aromatic rings. The quantitative estimate of drug-likeness (QED) is 0.594. The number of aromatic nitrogens is 1. The third-order valence-corrected chi connectivity index (χ3v) is 4.35. The van der Waals surface area contributed by atoms with Crippen molar-refractivity contribution in [3.8, 4) is 10.8 Å². The molecule has 0 saturated heterocycles. The lowest BCUT2D eigenvalue weighted by Crippen LogP contribution is -2.03. The van der Waals surface area contributed by atoms with Crippen LogP contribution in [0.25, 0.3) is 21.9 Å². The second-order valence-electron chi connectivity index (χ2n) is 3.80. The van der Waals surface area contributed by atoms with Gasteiger partial charge in [0.05, 0.1) is 5.56 Å². The molecule has 0 N–H and O–H groups in total. The molecule has 19 heavy (non-hydrogen) atoms. The summed E-state index contributed by atoms with van der Waals surface area (Å²) < 4.78 is 44.1. The average molecular weight is 348 g/mol. The number of alkyl halides is 3. The number of halogens is 4. The van der Waals surface area contributed by atoms with Gasteiger partial charge in [-0.25, -0.2) is 4.98 Å². The Kier molecular flexibility index (Phi) is 2.90. The maximum Gasteiger partial charge on any atom is 0.416 e. The molecule has 0 bridgehead atoms. The Hall–Kier alpha value is -1.34. The first kappa shape index (κ1) is 12.7. The van der Waals surface area contributed by atoms with Crippen molar-refractivity contribution < 1.29 is 17.6 Å². The zero-order chi connectivity index (χ0) is 13.6. The van der Waals surface area contributed by atoms with E-state index in [0.29, 0.717) is 11.5 Å². The van der Waals surface area contributed by atoms with Gasteiger partial charge in [-0.15, -0.1) is 11.3 Å². The van der Waals surface area contributed by atoms with Crippen LogP contribution < -0.4 is 0 Å². The predicted molar refractivity (Wildman–Crippen MR) is 70.0 cm³/mol. The molecule has 2 aromatic heterocycles. The SMILES string of the molecule is FC(F)(F)c1ccc2oc(-c3sccc3Br)nc2c1. The van der Waals surface area contributed by atoms with Crippen LogP contribution in [0.3, 0.4) is 0 Å². The third kappa shape index (κ3) is 2.28. The van der Waals surface area contributed by atoms with E-state index in [1.165, 1.54) is 17.4 Å². The molecule has 0 aliphatic rings. The van der Waals surface area contributed by atoms with Gasteiger partial charge in [0.1, 0.15) is 10.4 Å². The number of hydrogen-bond acceptors (Lipinski definition) is 3. The predicted octanol–water partition coefficient (Wildman–Crippen LogP) is 5.34. The van der Waals surface area contributed by atoms with Crippen LogP contribution in [0, 0.1) is 0 Å². The Bertz CT molecular complexity index is 747. The summed E-state index contributed by atoms with van der Waals surface area (Å²) in [6.45, 7) is 0. The number of thiophene rings is 1. The van der Waals surface area contributed by atoms with Gasteiger partial charge < -0.3 is 4.42 Å². The van der Waals surface area contributed by atoms with E-state index in [2.05, 4.69) is 20.9 Å². The zero-order valence-corrected chi connectivity index (χ0v) is 11.6. The van der Waals surface area contributed by atoms with Crippen molar-refractivity contribution in [1.29, 1.82) is 0 Å². The number of hydrogen-bond donors (Lipinski definition) is 0. The summed E-state index contributed by atoms with van der Waals surface area (Å²) in [5.74, 6) is 0.316. The van der Waals surface area contributed by atoms with E-state index >= 15 is 0 Å². The maximum absolute atomic E-state index is 12.6. The van der Waals surface area contributed by atoms with Crippen LogP contribution in [0.4, 0.5) is 13.2 Å². The highest BCUT2D eigenvalue weighted by Crippen LogP contribution is 2.36. The monoisotopic (exact) mass is 347 g/mol. The topological polar surface area (TPSA) is 26.0 Å². The molecular formula is C12H5BrF3NOS. The van der Waals surface area contributed by atoms with Crippen molar-refractivity contribution in [3.63, 3.8) is 0 Å². The van der Waals surface area contributed by atoms with Gasteiger partial charge in [0.25, 0.3) is 0 Å². The molecule has 2 nitrogen and oxygen atoms in total. The highest BCUT2D eigenvalue weighted by Gasteiger charge is 2.31. The molecule has 0 fully saturated rings. The largest absolute Gasteiger partial charge is 0.435 e. The van der Waals surface area contributed by atoms with Crippen molar-refractivity contribution in [2.24, 2.45) is 0 Å². The molecular weight excluding hydrogens is 343 g/mol. The van der Waals surface area contributed by atoms with E-state index in [0.717, 1.165) is 21.5 Å². The summed E-state index contributed by atoms with van der Waals surface area (Å²) >= 11 is 4.74. The number of rotatable bonds is 1. The van der Waals surface area contributed by atoms with Gasteiger partial charge in [-0.3, -0.25) is 0 Å². The van der Waals surface area contributed by atoms with E-state index in [1.807, 2.05) is 11.4 Å². The van der Waals surface area contributed by atoms with Gasteiger partial charge >= 0.3 is 6.18 Å². The number of nitrogens with zero attached hydrogens (tertiary/aromatic N) is 1. The molecule has 0 spiro atoms. The van der Waals surface area contributed by atoms with Gasteiger partial charge in [0, 0.05) is 4.47 Å². The Morgan fingerprint density at radius 3 is 2.63 bits per heavy atom. The summed E-state index contributed by atoms with van der Waals surface area (Å²) in [6, 6.07) is 5.09. The Morgan fingerprint density at radius 1 is 1.21 bits per heavy atom. The van der Waals surface area contributed by atoms with Crippen molar-refractivity contribution in [2.45, 2.75) is 6.18 Å². The van der Waals surface area contributed by atoms with Crippen LogP contribution in [-0.4, -0.2) is 4.98 Å². The summed E-state index contributed by atoms with van der Waals surface area (Å²) in [5.41, 5.74) is -0.196. The van der Waals surface area contributed by atoms with E-state index in [9.17, 15) is 13.2 Å². The van der Waals surface area contributed by atoms with Crippen LogP contribution in [0.5, 0.6) is 0 Å². The molecule has 0 aliphatic carbocycles. The van der Waals surface area contributed by atoms with Crippen LogP contribution in [0.1, 0.15) is 5.56 Å². The normalized spacial score (nSPS) is 12.2. The lowest BCUT2D eigenvalue weighted by atomic mass is 10.2. The maximum atomic E-state index is 12.6. The highest BCUT2D eigenvalue weighted by molar-refractivity contribution is 9.10. The minimum Gasteiger partial charge on any atom is -0.435 e. The average Bonchev–Trinajstić information content (AvgIpc) is 2.91. The molecule has 0 saturated carbocycles. The fourth-order valence-corrected chi connectivity index (χ4v) is 3.11. The second kappa shape index (κ2) is 4.35. The van der Waals surface area contributed by atoms with Crippen molar-refractivity contribution in [2.75, 3.05) is 0 Å². The fraction of sp³-hybridized carbons (Fsp3) is 0.0833. The van der Waals surface area contributed by atoms with E-state index in [1.54, 1.807) is 0 Å². The zero-order valence-electron chi connectivity index (χ0n) is 9.16. The number of fused-ring (bicyclic) bond motifs is 1. The second-order valence-corrected chi connectivity index (χ2v) is 5.57. The lowest BCUT2D eigenvalue weighted by molar-refractivity contribution is -0.137. The molecule has 1 aromatic carbocycles. The number of oxazole rings is 1. The molecule has 0 amide bonds. The van der Waals surface area contributed by atoms with Crippen LogP contribution in [0.15, 0.2) is 38.5 Å². The summed E-state index contributed by atoms with van der Waals surface area (Å²) in [4.78, 5) is 4.86. The van der Waals surface area contributed by atoms with Crippen LogP contribution in [-0.2, 0) is 6.18 Å². The molecule has 98 valence electrons. The Morgan fingerprint density at radius 2 is 2.00 bits per heavy atom. The molecule has 0 unspecified atom stereocenters. The first-order valence-electron chi connectivity index (χ1n) is 5.16.